The first-order valence-corrected chi connectivity index (χ1v) is 8.72. The Morgan fingerprint density at radius 2 is 1.63 bits per heavy atom. The third-order valence-corrected chi connectivity index (χ3v) is 4.27. The number of carbonyl (C=O) groups is 1. The van der Waals surface area contributed by atoms with E-state index in [0.717, 1.165) is 22.5 Å². The van der Waals surface area contributed by atoms with Crippen LogP contribution in [-0.4, -0.2) is 18.0 Å². The average molecular weight is 361 g/mol. The Morgan fingerprint density at radius 1 is 0.926 bits per heavy atom. The lowest BCUT2D eigenvalue weighted by molar-refractivity contribution is 0.102. The zero-order valence-corrected chi connectivity index (χ0v) is 16.0. The van der Waals surface area contributed by atoms with Gasteiger partial charge in [0.25, 0.3) is 5.91 Å². The Hall–Kier alpha value is -3.34. The first-order valence-electron chi connectivity index (χ1n) is 8.72. The molecule has 2 N–H and O–H groups in total. The van der Waals surface area contributed by atoms with Crippen molar-refractivity contribution in [2.24, 2.45) is 0 Å². The van der Waals surface area contributed by atoms with Gasteiger partial charge in [0.2, 0.25) is 0 Å². The van der Waals surface area contributed by atoms with Gasteiger partial charge in [-0.3, -0.25) is 9.78 Å². The van der Waals surface area contributed by atoms with Gasteiger partial charge in [-0.1, -0.05) is 18.2 Å². The number of aryl methyl sites for hydroxylation is 3. The van der Waals surface area contributed by atoms with Crippen molar-refractivity contribution in [3.63, 3.8) is 0 Å². The standard InChI is InChI=1S/C22H23N3O2/c1-14-5-7-16(3)18(11-14)24-17-9-10-23-20(13-17)22(26)25-19-12-15(2)6-8-21(19)27-4/h5-13H,1-4H3,(H,23,24)(H,25,26). The van der Waals surface area contributed by atoms with E-state index >= 15 is 0 Å². The van der Waals surface area contributed by atoms with E-state index in [1.807, 2.05) is 45.0 Å². The second-order valence-corrected chi connectivity index (χ2v) is 6.53. The van der Waals surface area contributed by atoms with Gasteiger partial charge in [0, 0.05) is 17.6 Å². The van der Waals surface area contributed by atoms with Crippen LogP contribution in [0.2, 0.25) is 0 Å². The Morgan fingerprint density at radius 3 is 2.37 bits per heavy atom. The van der Waals surface area contributed by atoms with E-state index in [0.29, 0.717) is 17.1 Å². The van der Waals surface area contributed by atoms with Crippen LogP contribution < -0.4 is 15.4 Å². The monoisotopic (exact) mass is 361 g/mol. The quantitative estimate of drug-likeness (QED) is 0.670. The SMILES string of the molecule is COc1ccc(C)cc1NC(=O)c1cc(Nc2cc(C)ccc2C)ccn1. The number of benzene rings is 2. The van der Waals surface area contributed by atoms with Gasteiger partial charge in [-0.2, -0.15) is 0 Å². The van der Waals surface area contributed by atoms with Gasteiger partial charge in [-0.05, 0) is 67.8 Å². The molecule has 27 heavy (non-hydrogen) atoms. The molecule has 3 rings (SSSR count). The van der Waals surface area contributed by atoms with E-state index in [-0.39, 0.29) is 5.91 Å². The number of hydrogen-bond acceptors (Lipinski definition) is 4. The Kier molecular flexibility index (Phi) is 5.41. The number of hydrogen-bond donors (Lipinski definition) is 2. The van der Waals surface area contributed by atoms with Crippen LogP contribution in [-0.2, 0) is 0 Å². The molecule has 0 aliphatic rings. The lowest BCUT2D eigenvalue weighted by atomic mass is 10.1. The predicted molar refractivity (Wildman–Crippen MR) is 109 cm³/mol. The van der Waals surface area contributed by atoms with Crippen molar-refractivity contribution < 1.29 is 9.53 Å². The first-order chi connectivity index (χ1) is 13.0. The Balaban J connectivity index is 1.82. The van der Waals surface area contributed by atoms with E-state index in [4.69, 9.17) is 4.74 Å². The molecule has 1 aromatic heterocycles. The van der Waals surface area contributed by atoms with Gasteiger partial charge >= 0.3 is 0 Å². The molecular weight excluding hydrogens is 338 g/mol. The second-order valence-electron chi connectivity index (χ2n) is 6.53. The minimum absolute atomic E-state index is 0.288. The van der Waals surface area contributed by atoms with Crippen molar-refractivity contribution in [2.45, 2.75) is 20.8 Å². The molecule has 0 unspecified atom stereocenters. The normalized spacial score (nSPS) is 10.4. The molecular formula is C22H23N3O2. The molecule has 0 aliphatic heterocycles. The molecule has 0 aliphatic carbocycles. The van der Waals surface area contributed by atoms with E-state index in [2.05, 4.69) is 33.8 Å². The largest absolute Gasteiger partial charge is 0.495 e. The van der Waals surface area contributed by atoms with Crippen molar-refractivity contribution in [1.29, 1.82) is 0 Å². The fourth-order valence-electron chi connectivity index (χ4n) is 2.76. The number of amides is 1. The summed E-state index contributed by atoms with van der Waals surface area (Å²) < 4.78 is 5.32. The van der Waals surface area contributed by atoms with Crippen LogP contribution >= 0.6 is 0 Å². The molecule has 138 valence electrons. The fraction of sp³-hybridized carbons (Fsp3) is 0.182. The number of anilines is 3. The van der Waals surface area contributed by atoms with E-state index < -0.39 is 0 Å². The predicted octanol–water partition coefficient (Wildman–Crippen LogP) is 5.01. The highest BCUT2D eigenvalue weighted by Gasteiger charge is 2.12. The fourth-order valence-corrected chi connectivity index (χ4v) is 2.76. The van der Waals surface area contributed by atoms with Crippen LogP contribution in [0.1, 0.15) is 27.2 Å². The molecule has 0 spiro atoms. The molecule has 0 bridgehead atoms. The first kappa shape index (κ1) is 18.5. The van der Waals surface area contributed by atoms with Crippen molar-refractivity contribution in [2.75, 3.05) is 17.7 Å². The molecule has 0 saturated heterocycles. The van der Waals surface area contributed by atoms with Gasteiger partial charge in [-0.15, -0.1) is 0 Å². The molecule has 1 heterocycles. The lowest BCUT2D eigenvalue weighted by Crippen LogP contribution is -2.14. The van der Waals surface area contributed by atoms with E-state index in [9.17, 15) is 4.79 Å². The summed E-state index contributed by atoms with van der Waals surface area (Å²) in [5, 5.41) is 6.24. The number of nitrogens with one attached hydrogen (secondary N) is 2. The highest BCUT2D eigenvalue weighted by atomic mass is 16.5. The van der Waals surface area contributed by atoms with Crippen LogP contribution in [0.4, 0.5) is 17.1 Å². The van der Waals surface area contributed by atoms with E-state index in [1.165, 1.54) is 5.56 Å². The third kappa shape index (κ3) is 4.44. The molecule has 3 aromatic rings. The molecule has 0 radical (unpaired) electrons. The maximum Gasteiger partial charge on any atom is 0.274 e. The molecule has 5 nitrogen and oxygen atoms in total. The summed E-state index contributed by atoms with van der Waals surface area (Å²) in [7, 11) is 1.58. The van der Waals surface area contributed by atoms with Crippen LogP contribution in [0.15, 0.2) is 54.7 Å². The summed E-state index contributed by atoms with van der Waals surface area (Å²) in [6.45, 7) is 6.05. The molecule has 0 saturated carbocycles. The summed E-state index contributed by atoms with van der Waals surface area (Å²) in [6, 6.07) is 15.4. The van der Waals surface area contributed by atoms with Gasteiger partial charge in [0.05, 0.1) is 12.8 Å². The molecule has 5 heteroatoms. The smallest absolute Gasteiger partial charge is 0.274 e. The molecule has 0 fully saturated rings. The summed E-state index contributed by atoms with van der Waals surface area (Å²) >= 11 is 0. The highest BCUT2D eigenvalue weighted by Crippen LogP contribution is 2.26. The maximum absolute atomic E-state index is 12.7. The maximum atomic E-state index is 12.7. The minimum Gasteiger partial charge on any atom is -0.495 e. The number of pyridine rings is 1. The van der Waals surface area contributed by atoms with Crippen LogP contribution in [0.25, 0.3) is 0 Å². The number of rotatable bonds is 5. The lowest BCUT2D eigenvalue weighted by Gasteiger charge is -2.13. The van der Waals surface area contributed by atoms with Gasteiger partial charge in [0.1, 0.15) is 11.4 Å². The Bertz CT molecular complexity index is 983. The van der Waals surface area contributed by atoms with Crippen LogP contribution in [0, 0.1) is 20.8 Å². The van der Waals surface area contributed by atoms with Crippen LogP contribution in [0.3, 0.4) is 0 Å². The van der Waals surface area contributed by atoms with Gasteiger partial charge < -0.3 is 15.4 Å². The number of nitrogens with zero attached hydrogens (tertiary/aromatic N) is 1. The van der Waals surface area contributed by atoms with Gasteiger partial charge in [-0.25, -0.2) is 0 Å². The van der Waals surface area contributed by atoms with Crippen molar-refractivity contribution in [1.82, 2.24) is 4.98 Å². The zero-order valence-electron chi connectivity index (χ0n) is 16.0. The average Bonchev–Trinajstić information content (AvgIpc) is 2.65. The number of methoxy groups -OCH3 is 1. The van der Waals surface area contributed by atoms with Crippen molar-refractivity contribution in [3.05, 3.63) is 77.1 Å². The van der Waals surface area contributed by atoms with Crippen LogP contribution in [0.5, 0.6) is 5.75 Å². The number of aromatic nitrogens is 1. The summed E-state index contributed by atoms with van der Waals surface area (Å²) in [6.07, 6.45) is 1.62. The molecule has 1 amide bonds. The summed E-state index contributed by atoms with van der Waals surface area (Å²) in [5.41, 5.74) is 6.10. The number of carbonyl (C=O) groups excluding carboxylic acids is 1. The molecule has 0 atom stereocenters. The zero-order chi connectivity index (χ0) is 19.4. The second kappa shape index (κ2) is 7.91. The van der Waals surface area contributed by atoms with Crippen molar-refractivity contribution >= 4 is 23.0 Å². The van der Waals surface area contributed by atoms with Gasteiger partial charge in [0.15, 0.2) is 0 Å². The Labute approximate surface area is 159 Å². The number of ether oxygens (including phenoxy) is 1. The van der Waals surface area contributed by atoms with Crippen molar-refractivity contribution in [3.8, 4) is 5.75 Å². The topological polar surface area (TPSA) is 63.2 Å². The summed E-state index contributed by atoms with van der Waals surface area (Å²) in [4.78, 5) is 16.9. The van der Waals surface area contributed by atoms with E-state index in [1.54, 1.807) is 19.4 Å². The highest BCUT2D eigenvalue weighted by molar-refractivity contribution is 6.04. The minimum atomic E-state index is -0.288. The summed E-state index contributed by atoms with van der Waals surface area (Å²) in [5.74, 6) is 0.321. The molecule has 2 aromatic carbocycles. The third-order valence-electron chi connectivity index (χ3n) is 4.27.